The average molecular weight is 306 g/mol. The summed E-state index contributed by atoms with van der Waals surface area (Å²) in [5, 5.41) is 3.68. The van der Waals surface area contributed by atoms with E-state index in [9.17, 15) is 4.79 Å². The minimum absolute atomic E-state index is 0.111. The molecule has 1 amide bonds. The molecule has 1 unspecified atom stereocenters. The van der Waals surface area contributed by atoms with Gasteiger partial charge in [-0.25, -0.2) is 0 Å². The van der Waals surface area contributed by atoms with Crippen LogP contribution in [0.1, 0.15) is 52.4 Å². The minimum atomic E-state index is -0.800. The lowest BCUT2D eigenvalue weighted by Crippen LogP contribution is -2.48. The van der Waals surface area contributed by atoms with Gasteiger partial charge in [0.25, 0.3) is 0 Å². The third kappa shape index (κ3) is 4.75. The summed E-state index contributed by atoms with van der Waals surface area (Å²) in [5.41, 5.74) is 6.06. The van der Waals surface area contributed by atoms with Crippen molar-refractivity contribution in [1.29, 1.82) is 0 Å². The summed E-state index contributed by atoms with van der Waals surface area (Å²) >= 11 is 1.96. The van der Waals surface area contributed by atoms with Crippen LogP contribution in [0.5, 0.6) is 0 Å². The molecule has 0 radical (unpaired) electrons. The second-order valence-corrected chi connectivity index (χ2v) is 7.54. The van der Waals surface area contributed by atoms with E-state index in [1.54, 1.807) is 6.92 Å². The van der Waals surface area contributed by atoms with Crippen molar-refractivity contribution in [3.8, 4) is 0 Å². The van der Waals surface area contributed by atoms with Crippen LogP contribution in [0.2, 0.25) is 0 Å². The Morgan fingerprint density at radius 3 is 2.52 bits per heavy atom. The number of amides is 1. The highest BCUT2D eigenvalue weighted by Gasteiger charge is 2.27. The highest BCUT2D eigenvalue weighted by Crippen LogP contribution is 2.35. The first-order valence-corrected chi connectivity index (χ1v) is 8.76. The predicted octanol–water partition coefficient (Wildman–Crippen LogP) is 4.18. The monoisotopic (exact) mass is 306 g/mol. The Kier molecular flexibility index (Phi) is 5.71. The van der Waals surface area contributed by atoms with Crippen molar-refractivity contribution in [2.75, 3.05) is 5.32 Å². The molecule has 1 aromatic carbocycles. The fourth-order valence-electron chi connectivity index (χ4n) is 2.72. The number of carbonyl (C=O) groups excluding carboxylic acids is 1. The van der Waals surface area contributed by atoms with Gasteiger partial charge < -0.3 is 11.1 Å². The Balaban J connectivity index is 1.91. The van der Waals surface area contributed by atoms with E-state index in [1.165, 1.54) is 30.6 Å². The molecule has 0 bridgehead atoms. The molecule has 3 N–H and O–H groups in total. The third-order valence-electron chi connectivity index (χ3n) is 4.01. The average Bonchev–Trinajstić information content (AvgIpc) is 2.94. The van der Waals surface area contributed by atoms with Crippen LogP contribution >= 0.6 is 11.8 Å². The lowest BCUT2D eigenvalue weighted by Gasteiger charge is -2.22. The predicted molar refractivity (Wildman–Crippen MR) is 90.7 cm³/mol. The number of benzene rings is 1. The molecule has 4 heteroatoms. The molecular formula is C17H26N2OS. The molecule has 3 nitrogen and oxygen atoms in total. The van der Waals surface area contributed by atoms with Gasteiger partial charge in [-0.15, -0.1) is 11.8 Å². The first-order valence-electron chi connectivity index (χ1n) is 7.88. The van der Waals surface area contributed by atoms with Gasteiger partial charge in [-0.05, 0) is 50.5 Å². The van der Waals surface area contributed by atoms with E-state index in [2.05, 4.69) is 17.4 Å². The summed E-state index contributed by atoms with van der Waals surface area (Å²) in [4.78, 5) is 13.4. The number of thioether (sulfide) groups is 1. The van der Waals surface area contributed by atoms with E-state index in [0.29, 0.717) is 6.42 Å². The summed E-state index contributed by atoms with van der Waals surface area (Å²) in [7, 11) is 0. The number of nitrogens with two attached hydrogens (primary N) is 1. The molecule has 0 aliphatic heterocycles. The van der Waals surface area contributed by atoms with Gasteiger partial charge >= 0.3 is 0 Å². The van der Waals surface area contributed by atoms with Crippen LogP contribution in [0.25, 0.3) is 0 Å². The van der Waals surface area contributed by atoms with Crippen molar-refractivity contribution in [2.24, 2.45) is 5.73 Å². The Morgan fingerprint density at radius 1 is 1.33 bits per heavy atom. The van der Waals surface area contributed by atoms with Crippen molar-refractivity contribution in [3.63, 3.8) is 0 Å². The number of carbonyl (C=O) groups is 1. The van der Waals surface area contributed by atoms with Crippen LogP contribution in [-0.4, -0.2) is 16.7 Å². The Labute approximate surface area is 132 Å². The van der Waals surface area contributed by atoms with Crippen molar-refractivity contribution < 1.29 is 4.79 Å². The highest BCUT2D eigenvalue weighted by molar-refractivity contribution is 8.00. The van der Waals surface area contributed by atoms with Crippen LogP contribution in [0.4, 0.5) is 5.69 Å². The second-order valence-electron chi connectivity index (χ2n) is 6.17. The van der Waals surface area contributed by atoms with Gasteiger partial charge in [0.1, 0.15) is 0 Å². The van der Waals surface area contributed by atoms with Crippen LogP contribution in [0.3, 0.4) is 0 Å². The van der Waals surface area contributed by atoms with Crippen molar-refractivity contribution in [3.05, 3.63) is 24.3 Å². The number of hydrogen-bond acceptors (Lipinski definition) is 3. The first kappa shape index (κ1) is 16.4. The molecule has 1 atom stereocenters. The Bertz CT molecular complexity index is 464. The van der Waals surface area contributed by atoms with Crippen molar-refractivity contribution in [2.45, 2.75) is 68.1 Å². The molecule has 1 saturated carbocycles. The van der Waals surface area contributed by atoms with Crippen LogP contribution < -0.4 is 11.1 Å². The third-order valence-corrected chi connectivity index (χ3v) is 5.35. The molecule has 1 fully saturated rings. The molecule has 116 valence electrons. The van der Waals surface area contributed by atoms with E-state index in [-0.39, 0.29) is 5.91 Å². The molecule has 21 heavy (non-hydrogen) atoms. The van der Waals surface area contributed by atoms with E-state index >= 15 is 0 Å². The van der Waals surface area contributed by atoms with Crippen molar-refractivity contribution in [1.82, 2.24) is 0 Å². The lowest BCUT2D eigenvalue weighted by atomic mass is 9.96. The molecule has 2 rings (SSSR count). The summed E-state index contributed by atoms with van der Waals surface area (Å²) in [6.07, 6.45) is 6.96. The number of anilines is 1. The van der Waals surface area contributed by atoms with Gasteiger partial charge in [-0.1, -0.05) is 26.2 Å². The van der Waals surface area contributed by atoms with Crippen molar-refractivity contribution >= 4 is 23.4 Å². The fourth-order valence-corrected chi connectivity index (χ4v) is 3.97. The quantitative estimate of drug-likeness (QED) is 0.829. The molecular weight excluding hydrogens is 280 g/mol. The summed E-state index contributed by atoms with van der Waals surface area (Å²) < 4.78 is 0. The molecule has 1 aliphatic rings. The highest BCUT2D eigenvalue weighted by atomic mass is 32.2. The molecule has 0 aromatic heterocycles. The Hall–Kier alpha value is -1.00. The molecule has 0 saturated heterocycles. The normalized spacial score (nSPS) is 18.4. The van der Waals surface area contributed by atoms with Gasteiger partial charge in [0, 0.05) is 15.8 Å². The summed E-state index contributed by atoms with van der Waals surface area (Å²) in [5.74, 6) is -0.111. The van der Waals surface area contributed by atoms with Crippen LogP contribution in [-0.2, 0) is 4.79 Å². The van der Waals surface area contributed by atoms with Gasteiger partial charge in [0.05, 0.1) is 5.54 Å². The first-order chi connectivity index (χ1) is 10.0. The summed E-state index contributed by atoms with van der Waals surface area (Å²) in [6, 6.07) is 8.12. The van der Waals surface area contributed by atoms with Gasteiger partial charge in [-0.3, -0.25) is 4.79 Å². The zero-order valence-corrected chi connectivity index (χ0v) is 13.8. The van der Waals surface area contributed by atoms with Crippen LogP contribution in [0.15, 0.2) is 29.2 Å². The number of hydrogen-bond donors (Lipinski definition) is 2. The molecule has 0 heterocycles. The molecule has 0 spiro atoms. The zero-order chi connectivity index (χ0) is 15.3. The summed E-state index contributed by atoms with van der Waals surface area (Å²) in [6.45, 7) is 3.82. The number of rotatable bonds is 6. The van der Waals surface area contributed by atoms with Crippen LogP contribution in [0, 0.1) is 0 Å². The maximum atomic E-state index is 12.1. The molecule has 1 aliphatic carbocycles. The smallest absolute Gasteiger partial charge is 0.244 e. The number of nitrogens with one attached hydrogen (secondary N) is 1. The maximum absolute atomic E-state index is 12.1. The zero-order valence-electron chi connectivity index (χ0n) is 13.0. The second kappa shape index (κ2) is 7.32. The van der Waals surface area contributed by atoms with E-state index < -0.39 is 5.54 Å². The SMILES string of the molecule is CCCC(C)(N)C(=O)Nc1ccc(SC2CCCC2)cc1. The maximum Gasteiger partial charge on any atom is 0.244 e. The standard InChI is InChI=1S/C17H26N2OS/c1-3-12-17(2,18)16(20)19-13-8-10-15(11-9-13)21-14-6-4-5-7-14/h8-11,14H,3-7,12,18H2,1-2H3,(H,19,20). The lowest BCUT2D eigenvalue weighted by molar-refractivity contribution is -0.120. The Morgan fingerprint density at radius 2 is 1.95 bits per heavy atom. The topological polar surface area (TPSA) is 55.1 Å². The molecule has 1 aromatic rings. The van der Waals surface area contributed by atoms with E-state index in [0.717, 1.165) is 17.4 Å². The van der Waals surface area contributed by atoms with Gasteiger partial charge in [0.2, 0.25) is 5.91 Å². The largest absolute Gasteiger partial charge is 0.325 e. The van der Waals surface area contributed by atoms with Gasteiger partial charge in [0.15, 0.2) is 0 Å². The fraction of sp³-hybridized carbons (Fsp3) is 0.588. The van der Waals surface area contributed by atoms with Gasteiger partial charge in [-0.2, -0.15) is 0 Å². The van der Waals surface area contributed by atoms with E-state index in [4.69, 9.17) is 5.73 Å². The minimum Gasteiger partial charge on any atom is -0.325 e. The van der Waals surface area contributed by atoms with E-state index in [1.807, 2.05) is 30.8 Å².